The van der Waals surface area contributed by atoms with Gasteiger partial charge in [-0.05, 0) is 50.5 Å². The van der Waals surface area contributed by atoms with Crippen LogP contribution in [0.15, 0.2) is 59.6 Å². The highest BCUT2D eigenvalue weighted by Gasteiger charge is 2.12. The fourth-order valence-corrected chi connectivity index (χ4v) is 3.13. The van der Waals surface area contributed by atoms with Gasteiger partial charge in [-0.15, -0.1) is 0 Å². The summed E-state index contributed by atoms with van der Waals surface area (Å²) in [7, 11) is 0. The first-order valence-electron chi connectivity index (χ1n) is 10.7. The van der Waals surface area contributed by atoms with E-state index in [2.05, 4.69) is 15.6 Å². The number of carbonyl (C=O) groups excluding carboxylic acids is 1. The van der Waals surface area contributed by atoms with E-state index in [1.807, 2.05) is 80.3 Å². The van der Waals surface area contributed by atoms with E-state index in [0.29, 0.717) is 44.1 Å². The Morgan fingerprint density at radius 3 is 2.27 bits per heavy atom. The van der Waals surface area contributed by atoms with Crippen LogP contribution in [0, 0.1) is 0 Å². The van der Waals surface area contributed by atoms with Crippen LogP contribution in [0.5, 0.6) is 0 Å². The maximum Gasteiger partial charge on any atom is 0.253 e. The summed E-state index contributed by atoms with van der Waals surface area (Å²) in [6, 6.07) is 17.3. The molecule has 6 heteroatoms. The van der Waals surface area contributed by atoms with Gasteiger partial charge in [0.05, 0.1) is 12.6 Å². The predicted octanol–water partition coefficient (Wildman–Crippen LogP) is 3.35. The van der Waals surface area contributed by atoms with E-state index in [0.717, 1.165) is 17.7 Å². The van der Waals surface area contributed by atoms with Gasteiger partial charge < -0.3 is 20.6 Å². The molecule has 30 heavy (non-hydrogen) atoms. The zero-order valence-corrected chi connectivity index (χ0v) is 18.3. The normalized spacial score (nSPS) is 12.3. The van der Waals surface area contributed by atoms with E-state index in [1.165, 1.54) is 0 Å². The number of aliphatic imine (C=N–C) groups is 1. The fourth-order valence-electron chi connectivity index (χ4n) is 3.13. The molecule has 0 aromatic heterocycles. The monoisotopic (exact) mass is 410 g/mol. The Morgan fingerprint density at radius 1 is 1.00 bits per heavy atom. The summed E-state index contributed by atoms with van der Waals surface area (Å²) in [5.41, 5.74) is 2.65. The highest BCUT2D eigenvalue weighted by Crippen LogP contribution is 2.15. The van der Waals surface area contributed by atoms with Gasteiger partial charge in [-0.2, -0.15) is 0 Å². The van der Waals surface area contributed by atoms with E-state index in [9.17, 15) is 9.90 Å². The predicted molar refractivity (Wildman–Crippen MR) is 123 cm³/mol. The van der Waals surface area contributed by atoms with Crippen molar-refractivity contribution in [1.29, 1.82) is 0 Å². The van der Waals surface area contributed by atoms with E-state index in [1.54, 1.807) is 0 Å². The third-order valence-corrected chi connectivity index (χ3v) is 4.91. The molecule has 0 spiro atoms. The largest absolute Gasteiger partial charge is 0.388 e. The Labute approximate surface area is 180 Å². The number of benzene rings is 2. The van der Waals surface area contributed by atoms with E-state index in [-0.39, 0.29) is 5.91 Å². The molecule has 2 rings (SSSR count). The van der Waals surface area contributed by atoms with Crippen LogP contribution >= 0.6 is 0 Å². The van der Waals surface area contributed by atoms with Gasteiger partial charge in [-0.25, -0.2) is 4.99 Å². The van der Waals surface area contributed by atoms with Gasteiger partial charge in [-0.3, -0.25) is 4.79 Å². The number of hydrogen-bond donors (Lipinski definition) is 3. The van der Waals surface area contributed by atoms with Crippen molar-refractivity contribution >= 4 is 11.9 Å². The molecule has 0 aliphatic rings. The van der Waals surface area contributed by atoms with Gasteiger partial charge in [0.15, 0.2) is 5.96 Å². The molecule has 0 heterocycles. The minimum absolute atomic E-state index is 0.0574. The smallest absolute Gasteiger partial charge is 0.253 e. The summed E-state index contributed by atoms with van der Waals surface area (Å²) in [6.07, 6.45) is 0.0915. The second-order valence-electron chi connectivity index (χ2n) is 7.01. The summed E-state index contributed by atoms with van der Waals surface area (Å²) in [5, 5.41) is 16.8. The lowest BCUT2D eigenvalue weighted by atomic mass is 10.1. The Morgan fingerprint density at radius 2 is 1.67 bits per heavy atom. The van der Waals surface area contributed by atoms with E-state index in [4.69, 9.17) is 0 Å². The molecule has 3 N–H and O–H groups in total. The highest BCUT2D eigenvalue weighted by molar-refractivity contribution is 5.94. The molecule has 1 atom stereocenters. The van der Waals surface area contributed by atoms with Crippen LogP contribution < -0.4 is 10.6 Å². The maximum absolute atomic E-state index is 12.4. The van der Waals surface area contributed by atoms with Gasteiger partial charge >= 0.3 is 0 Å². The summed E-state index contributed by atoms with van der Waals surface area (Å²) in [4.78, 5) is 18.8. The number of guanidine groups is 1. The van der Waals surface area contributed by atoms with Crippen LogP contribution in [0.25, 0.3) is 0 Å². The Kier molecular flexibility index (Phi) is 9.87. The van der Waals surface area contributed by atoms with Crippen molar-refractivity contribution in [2.45, 2.75) is 39.8 Å². The van der Waals surface area contributed by atoms with Crippen molar-refractivity contribution in [3.05, 3.63) is 71.3 Å². The second-order valence-corrected chi connectivity index (χ2v) is 7.01. The SMILES string of the molecule is CCNC(=NCc1ccc(C(=O)N(CC)CC)cc1)NCCC(O)c1ccccc1. The molecule has 0 radical (unpaired) electrons. The molecule has 1 amide bonds. The lowest BCUT2D eigenvalue weighted by Gasteiger charge is -2.18. The van der Waals surface area contributed by atoms with Crippen molar-refractivity contribution in [3.8, 4) is 0 Å². The van der Waals surface area contributed by atoms with Crippen molar-refractivity contribution in [3.63, 3.8) is 0 Å². The first-order valence-corrected chi connectivity index (χ1v) is 10.7. The lowest BCUT2D eigenvalue weighted by Crippen LogP contribution is -2.38. The zero-order chi connectivity index (χ0) is 21.8. The first-order chi connectivity index (χ1) is 14.6. The minimum Gasteiger partial charge on any atom is -0.388 e. The van der Waals surface area contributed by atoms with Crippen LogP contribution in [-0.4, -0.2) is 48.1 Å². The number of carbonyl (C=O) groups is 1. The lowest BCUT2D eigenvalue weighted by molar-refractivity contribution is 0.0773. The summed E-state index contributed by atoms with van der Waals surface area (Å²) >= 11 is 0. The molecule has 0 saturated heterocycles. The second kappa shape index (κ2) is 12.6. The number of aliphatic hydroxyl groups excluding tert-OH is 1. The summed E-state index contributed by atoms with van der Waals surface area (Å²) < 4.78 is 0. The van der Waals surface area contributed by atoms with Crippen molar-refractivity contribution in [2.24, 2.45) is 4.99 Å². The van der Waals surface area contributed by atoms with E-state index >= 15 is 0 Å². The molecular formula is C24H34N4O2. The molecule has 0 aliphatic carbocycles. The maximum atomic E-state index is 12.4. The molecule has 1 unspecified atom stereocenters. The van der Waals surface area contributed by atoms with Gasteiger partial charge in [0, 0.05) is 31.7 Å². The molecule has 0 saturated carbocycles. The topological polar surface area (TPSA) is 77.0 Å². The van der Waals surface area contributed by atoms with Crippen molar-refractivity contribution in [1.82, 2.24) is 15.5 Å². The number of amides is 1. The highest BCUT2D eigenvalue weighted by atomic mass is 16.3. The minimum atomic E-state index is -0.502. The Balaban J connectivity index is 1.90. The average molecular weight is 411 g/mol. The molecule has 0 bridgehead atoms. The van der Waals surface area contributed by atoms with Gasteiger partial charge in [-0.1, -0.05) is 42.5 Å². The van der Waals surface area contributed by atoms with Gasteiger partial charge in [0.1, 0.15) is 0 Å². The quantitative estimate of drug-likeness (QED) is 0.415. The van der Waals surface area contributed by atoms with Crippen LogP contribution in [-0.2, 0) is 6.54 Å². The number of hydrogen-bond acceptors (Lipinski definition) is 3. The molecule has 2 aromatic carbocycles. The van der Waals surface area contributed by atoms with Crippen LogP contribution in [0.4, 0.5) is 0 Å². The third-order valence-electron chi connectivity index (χ3n) is 4.91. The Bertz CT molecular complexity index is 787. The van der Waals surface area contributed by atoms with Crippen molar-refractivity contribution in [2.75, 3.05) is 26.2 Å². The molecular weight excluding hydrogens is 376 g/mol. The number of nitrogens with zero attached hydrogens (tertiary/aromatic N) is 2. The van der Waals surface area contributed by atoms with Crippen LogP contribution in [0.1, 0.15) is 54.8 Å². The first kappa shape index (κ1) is 23.4. The van der Waals surface area contributed by atoms with Crippen LogP contribution in [0.2, 0.25) is 0 Å². The Hall–Kier alpha value is -2.86. The average Bonchev–Trinajstić information content (AvgIpc) is 2.79. The standard InChI is InChI=1S/C24H34N4O2/c1-4-25-24(26-17-16-22(29)20-10-8-7-9-11-20)27-18-19-12-14-21(15-13-19)23(30)28(5-2)6-3/h7-15,22,29H,4-6,16-18H2,1-3H3,(H2,25,26,27). The molecule has 0 fully saturated rings. The summed E-state index contributed by atoms with van der Waals surface area (Å²) in [5.74, 6) is 0.767. The molecule has 6 nitrogen and oxygen atoms in total. The zero-order valence-electron chi connectivity index (χ0n) is 18.3. The molecule has 162 valence electrons. The number of aliphatic hydroxyl groups is 1. The van der Waals surface area contributed by atoms with Crippen LogP contribution in [0.3, 0.4) is 0 Å². The van der Waals surface area contributed by atoms with Crippen molar-refractivity contribution < 1.29 is 9.90 Å². The van der Waals surface area contributed by atoms with E-state index < -0.39 is 6.10 Å². The molecule has 0 aliphatic heterocycles. The van der Waals surface area contributed by atoms with Gasteiger partial charge in [0.25, 0.3) is 5.91 Å². The number of nitrogens with one attached hydrogen (secondary N) is 2. The van der Waals surface area contributed by atoms with Gasteiger partial charge in [0.2, 0.25) is 0 Å². The number of rotatable bonds is 10. The summed E-state index contributed by atoms with van der Waals surface area (Å²) in [6.45, 7) is 9.27. The fraction of sp³-hybridized carbons (Fsp3) is 0.417. The third kappa shape index (κ3) is 7.19. The molecule has 2 aromatic rings.